The maximum absolute atomic E-state index is 13.2. The van der Waals surface area contributed by atoms with Crippen LogP contribution in [0.5, 0.6) is 5.75 Å². The summed E-state index contributed by atoms with van der Waals surface area (Å²) in [7, 11) is 0. The van der Waals surface area contributed by atoms with Crippen LogP contribution < -0.4 is 4.74 Å². The first-order valence-electron chi connectivity index (χ1n) is 12.4. The number of hydrogen-bond acceptors (Lipinski definition) is 4. The normalized spacial score (nSPS) is 11.4. The SMILES string of the molecule is N#CC(=Cc1cn(-c2ccccc2)nc1-c1ccc(OCc2ccc(F)cc2)cc1)c1nc2ccccc2[nH]1. The first-order valence-corrected chi connectivity index (χ1v) is 12.4. The smallest absolute Gasteiger partial charge is 0.149 e. The van der Waals surface area contributed by atoms with Crippen LogP contribution in [0.15, 0.2) is 109 Å². The molecule has 7 heteroatoms. The Bertz CT molecular complexity index is 1780. The molecule has 0 aliphatic heterocycles. The Morgan fingerprint density at radius 1 is 0.923 bits per heavy atom. The lowest BCUT2D eigenvalue weighted by Gasteiger charge is -2.07. The highest BCUT2D eigenvalue weighted by atomic mass is 19.1. The van der Waals surface area contributed by atoms with E-state index in [2.05, 4.69) is 16.0 Å². The predicted molar refractivity (Wildman–Crippen MR) is 149 cm³/mol. The summed E-state index contributed by atoms with van der Waals surface area (Å²) >= 11 is 0. The molecule has 0 unspecified atom stereocenters. The number of H-pyrrole nitrogens is 1. The predicted octanol–water partition coefficient (Wildman–Crippen LogP) is 7.20. The van der Waals surface area contributed by atoms with Crippen molar-refractivity contribution in [2.24, 2.45) is 0 Å². The second-order valence-corrected chi connectivity index (χ2v) is 8.93. The number of imidazole rings is 1. The molecular formula is C32H22FN5O. The van der Waals surface area contributed by atoms with Gasteiger partial charge in [-0.1, -0.05) is 42.5 Å². The lowest BCUT2D eigenvalue weighted by Crippen LogP contribution is -1.96. The van der Waals surface area contributed by atoms with Gasteiger partial charge >= 0.3 is 0 Å². The molecule has 0 radical (unpaired) electrons. The molecule has 0 fully saturated rings. The van der Waals surface area contributed by atoms with E-state index in [1.165, 1.54) is 12.1 Å². The number of halogens is 1. The van der Waals surface area contributed by atoms with Gasteiger partial charge in [-0.25, -0.2) is 14.1 Å². The first-order chi connectivity index (χ1) is 19.2. The van der Waals surface area contributed by atoms with Crippen LogP contribution in [0.4, 0.5) is 4.39 Å². The lowest BCUT2D eigenvalue weighted by molar-refractivity contribution is 0.306. The van der Waals surface area contributed by atoms with Gasteiger partial charge in [-0.3, -0.25) is 0 Å². The van der Waals surface area contributed by atoms with Crippen LogP contribution in [0.2, 0.25) is 0 Å². The van der Waals surface area contributed by atoms with Gasteiger partial charge in [0.05, 0.1) is 28.0 Å². The number of fused-ring (bicyclic) bond motifs is 1. The quantitative estimate of drug-likeness (QED) is 0.230. The maximum atomic E-state index is 13.2. The minimum absolute atomic E-state index is 0.275. The first kappa shape index (κ1) is 23.9. The maximum Gasteiger partial charge on any atom is 0.149 e. The topological polar surface area (TPSA) is 79.5 Å². The van der Waals surface area contributed by atoms with Crippen LogP contribution in [0.25, 0.3) is 39.6 Å². The Hall–Kier alpha value is -5.48. The van der Waals surface area contributed by atoms with Crippen molar-refractivity contribution in [1.82, 2.24) is 19.7 Å². The molecule has 0 aliphatic carbocycles. The van der Waals surface area contributed by atoms with Crippen molar-refractivity contribution in [1.29, 1.82) is 5.26 Å². The molecule has 6 aromatic rings. The van der Waals surface area contributed by atoms with Crippen molar-refractivity contribution >= 4 is 22.7 Å². The number of nitriles is 1. The van der Waals surface area contributed by atoms with E-state index in [0.717, 1.165) is 33.4 Å². The number of hydrogen-bond donors (Lipinski definition) is 1. The highest BCUT2D eigenvalue weighted by Crippen LogP contribution is 2.29. The summed E-state index contributed by atoms with van der Waals surface area (Å²) in [6, 6.07) is 33.6. The average Bonchev–Trinajstić information content (AvgIpc) is 3.61. The molecule has 0 spiro atoms. The van der Waals surface area contributed by atoms with E-state index >= 15 is 0 Å². The van der Waals surface area contributed by atoms with Crippen molar-refractivity contribution in [3.63, 3.8) is 0 Å². The summed E-state index contributed by atoms with van der Waals surface area (Å²) in [5, 5.41) is 14.9. The number of aromatic nitrogens is 4. The molecule has 188 valence electrons. The molecule has 6 rings (SSSR count). The molecule has 1 N–H and O–H groups in total. The molecular weight excluding hydrogens is 489 g/mol. The zero-order valence-corrected chi connectivity index (χ0v) is 20.8. The summed E-state index contributed by atoms with van der Waals surface area (Å²) in [5.41, 5.74) is 6.20. The zero-order valence-electron chi connectivity index (χ0n) is 20.8. The summed E-state index contributed by atoms with van der Waals surface area (Å²) in [6.45, 7) is 0.333. The largest absolute Gasteiger partial charge is 0.489 e. The van der Waals surface area contributed by atoms with Gasteiger partial charge in [-0.2, -0.15) is 10.4 Å². The third-order valence-corrected chi connectivity index (χ3v) is 6.27. The number of ether oxygens (including phenoxy) is 1. The second-order valence-electron chi connectivity index (χ2n) is 8.93. The van der Waals surface area contributed by atoms with E-state index in [1.807, 2.05) is 85.1 Å². The molecule has 0 aliphatic rings. The van der Waals surface area contributed by atoms with Gasteiger partial charge in [0.1, 0.15) is 30.1 Å². The Labute approximate surface area is 224 Å². The van der Waals surface area contributed by atoms with Gasteiger partial charge in [0, 0.05) is 17.3 Å². The molecule has 0 atom stereocenters. The summed E-state index contributed by atoms with van der Waals surface area (Å²) in [6.07, 6.45) is 3.71. The molecule has 6 nitrogen and oxygen atoms in total. The number of benzene rings is 4. The van der Waals surface area contributed by atoms with Crippen molar-refractivity contribution < 1.29 is 9.13 Å². The van der Waals surface area contributed by atoms with Crippen LogP contribution in [0.1, 0.15) is 17.0 Å². The van der Waals surface area contributed by atoms with E-state index in [0.29, 0.717) is 29.4 Å². The van der Waals surface area contributed by atoms with Crippen LogP contribution >= 0.6 is 0 Å². The molecule has 0 bridgehead atoms. The molecule has 2 aromatic heterocycles. The average molecular weight is 512 g/mol. The number of para-hydroxylation sites is 3. The molecule has 4 aromatic carbocycles. The van der Waals surface area contributed by atoms with Crippen molar-refractivity contribution in [2.45, 2.75) is 6.61 Å². The Balaban J connectivity index is 1.34. The van der Waals surface area contributed by atoms with Crippen molar-refractivity contribution in [2.75, 3.05) is 0 Å². The number of allylic oxidation sites excluding steroid dienone is 1. The number of nitrogens with one attached hydrogen (secondary N) is 1. The summed E-state index contributed by atoms with van der Waals surface area (Å²) in [5.74, 6) is 0.909. The van der Waals surface area contributed by atoms with Gasteiger partial charge in [-0.05, 0) is 72.3 Å². The molecule has 0 saturated heterocycles. The van der Waals surface area contributed by atoms with Gasteiger partial charge < -0.3 is 9.72 Å². The van der Waals surface area contributed by atoms with Gasteiger partial charge in [-0.15, -0.1) is 0 Å². The fraction of sp³-hybridized carbons (Fsp3) is 0.0312. The second kappa shape index (κ2) is 10.5. The Kier molecular flexibility index (Phi) is 6.42. The van der Waals surface area contributed by atoms with Gasteiger partial charge in [0.25, 0.3) is 0 Å². The number of nitrogens with zero attached hydrogens (tertiary/aromatic N) is 4. The fourth-order valence-electron chi connectivity index (χ4n) is 4.28. The number of rotatable bonds is 7. The van der Waals surface area contributed by atoms with E-state index in [1.54, 1.807) is 22.9 Å². The molecule has 39 heavy (non-hydrogen) atoms. The monoisotopic (exact) mass is 511 g/mol. The minimum atomic E-state index is -0.275. The molecule has 2 heterocycles. The third-order valence-electron chi connectivity index (χ3n) is 6.27. The lowest BCUT2D eigenvalue weighted by atomic mass is 10.1. The van der Waals surface area contributed by atoms with E-state index < -0.39 is 0 Å². The highest BCUT2D eigenvalue weighted by molar-refractivity contribution is 5.92. The number of aromatic amines is 1. The minimum Gasteiger partial charge on any atom is -0.489 e. The molecule has 0 amide bonds. The standard InChI is InChI=1S/C32H22FN5O/c33-26-14-10-22(11-15-26)21-39-28-16-12-23(13-17-28)31-25(20-38(37-31)27-6-2-1-3-7-27)18-24(19-34)32-35-29-8-4-5-9-30(29)36-32/h1-18,20H,21H2,(H,35,36). The fourth-order valence-corrected chi connectivity index (χ4v) is 4.28. The van der Waals surface area contributed by atoms with Gasteiger partial charge in [0.2, 0.25) is 0 Å². The molecule has 0 saturated carbocycles. The Morgan fingerprint density at radius 3 is 2.41 bits per heavy atom. The van der Waals surface area contributed by atoms with Crippen LogP contribution in [-0.2, 0) is 6.61 Å². The van der Waals surface area contributed by atoms with Crippen LogP contribution in [-0.4, -0.2) is 19.7 Å². The van der Waals surface area contributed by atoms with Crippen molar-refractivity contribution in [3.05, 3.63) is 132 Å². The van der Waals surface area contributed by atoms with E-state index in [-0.39, 0.29) is 5.82 Å². The van der Waals surface area contributed by atoms with Crippen LogP contribution in [0, 0.1) is 17.1 Å². The third kappa shape index (κ3) is 5.17. The zero-order chi connectivity index (χ0) is 26.6. The van der Waals surface area contributed by atoms with Crippen LogP contribution in [0.3, 0.4) is 0 Å². The van der Waals surface area contributed by atoms with Crippen molar-refractivity contribution in [3.8, 4) is 28.8 Å². The van der Waals surface area contributed by atoms with E-state index in [4.69, 9.17) is 9.84 Å². The summed E-state index contributed by atoms with van der Waals surface area (Å²) in [4.78, 5) is 7.83. The van der Waals surface area contributed by atoms with Gasteiger partial charge in [0.15, 0.2) is 0 Å². The van der Waals surface area contributed by atoms with E-state index in [9.17, 15) is 9.65 Å². The highest BCUT2D eigenvalue weighted by Gasteiger charge is 2.15. The summed E-state index contributed by atoms with van der Waals surface area (Å²) < 4.78 is 20.8. The Morgan fingerprint density at radius 2 is 1.67 bits per heavy atom.